The van der Waals surface area contributed by atoms with E-state index >= 15 is 0 Å². The first-order valence-electron chi connectivity index (χ1n) is 12.8. The minimum absolute atomic E-state index is 0.288. The number of hydrazone groups is 1. The molecule has 4 atom stereocenters. The third-order valence-electron chi connectivity index (χ3n) is 7.05. The number of esters is 2. The van der Waals surface area contributed by atoms with Gasteiger partial charge in [-0.2, -0.15) is 5.10 Å². The second-order valence-corrected chi connectivity index (χ2v) is 9.55. The number of allylic oxidation sites excluding steroid dienone is 1. The number of Topliss-reactive ketones (excluding diaryl/α,β-unsaturated/α-hetero) is 1. The van der Waals surface area contributed by atoms with E-state index in [0.717, 1.165) is 17.7 Å². The summed E-state index contributed by atoms with van der Waals surface area (Å²) in [5.74, 6) is -3.74. The van der Waals surface area contributed by atoms with Crippen molar-refractivity contribution < 1.29 is 33.4 Å². The Bertz CT molecular complexity index is 1380. The molecule has 0 N–H and O–H groups in total. The number of anilines is 1. The average Bonchev–Trinajstić information content (AvgIpc) is 3.41. The van der Waals surface area contributed by atoms with Crippen LogP contribution in [0.25, 0.3) is 0 Å². The number of ketones is 1. The monoisotopic (exact) mass is 529 g/mol. The molecule has 0 aliphatic carbocycles. The lowest BCUT2D eigenvalue weighted by Crippen LogP contribution is -2.46. The standard InChI is InChI=1S/C29H27N3O7/c1-3-4-16-38-29(37)19-7-11-20(12-8-19)31-27(35)23-22-6-5-15-30-32(22)25(24(23)28(31)36)26(34)18-9-13-21(14-10-18)39-17(2)33/h5-15,22-25H,3-4,16H2,1-2H3/t22-,23+,24+,25-/m0/s1. The van der Waals surface area contributed by atoms with Gasteiger partial charge in [0, 0.05) is 18.7 Å². The highest BCUT2D eigenvalue weighted by Crippen LogP contribution is 2.46. The van der Waals surface area contributed by atoms with Crippen molar-refractivity contribution in [3.63, 3.8) is 0 Å². The Morgan fingerprint density at radius 1 is 0.923 bits per heavy atom. The molecule has 2 fully saturated rings. The summed E-state index contributed by atoms with van der Waals surface area (Å²) in [6.45, 7) is 3.59. The lowest BCUT2D eigenvalue weighted by atomic mass is 9.86. The van der Waals surface area contributed by atoms with Gasteiger partial charge in [-0.1, -0.05) is 19.4 Å². The summed E-state index contributed by atoms with van der Waals surface area (Å²) in [5, 5.41) is 5.87. The first-order valence-corrected chi connectivity index (χ1v) is 12.8. The number of unbranched alkanes of at least 4 members (excludes halogenated alkanes) is 1. The minimum atomic E-state index is -1.00. The molecule has 200 valence electrons. The largest absolute Gasteiger partial charge is 0.462 e. The molecular formula is C29H27N3O7. The maximum atomic E-state index is 13.8. The summed E-state index contributed by atoms with van der Waals surface area (Å²) in [6.07, 6.45) is 6.64. The van der Waals surface area contributed by atoms with E-state index in [0.29, 0.717) is 23.4 Å². The van der Waals surface area contributed by atoms with Crippen molar-refractivity contribution in [1.82, 2.24) is 5.01 Å². The van der Waals surface area contributed by atoms with E-state index in [1.807, 2.05) is 6.92 Å². The van der Waals surface area contributed by atoms with Crippen LogP contribution in [0.2, 0.25) is 0 Å². The van der Waals surface area contributed by atoms with Gasteiger partial charge in [-0.25, -0.2) is 9.69 Å². The van der Waals surface area contributed by atoms with Crippen molar-refractivity contribution in [3.05, 3.63) is 71.8 Å². The van der Waals surface area contributed by atoms with E-state index in [1.165, 1.54) is 66.7 Å². The van der Waals surface area contributed by atoms with Crippen molar-refractivity contribution >= 4 is 41.4 Å². The van der Waals surface area contributed by atoms with Crippen LogP contribution in [-0.2, 0) is 19.1 Å². The van der Waals surface area contributed by atoms with Gasteiger partial charge in [0.05, 0.1) is 35.7 Å². The second-order valence-electron chi connectivity index (χ2n) is 9.55. The Morgan fingerprint density at radius 2 is 1.59 bits per heavy atom. The second kappa shape index (κ2) is 10.6. The fraction of sp³-hybridized carbons (Fsp3) is 0.310. The van der Waals surface area contributed by atoms with Gasteiger partial charge in [0.15, 0.2) is 5.78 Å². The molecule has 0 bridgehead atoms. The average molecular weight is 530 g/mol. The fourth-order valence-corrected chi connectivity index (χ4v) is 5.25. The zero-order chi connectivity index (χ0) is 27.7. The summed E-state index contributed by atoms with van der Waals surface area (Å²) in [7, 11) is 0. The molecule has 0 spiro atoms. The smallest absolute Gasteiger partial charge is 0.338 e. The molecule has 3 aliphatic rings. The molecule has 5 rings (SSSR count). The van der Waals surface area contributed by atoms with Crippen LogP contribution < -0.4 is 9.64 Å². The number of nitrogens with zero attached hydrogens (tertiary/aromatic N) is 3. The maximum Gasteiger partial charge on any atom is 0.338 e. The fourth-order valence-electron chi connectivity index (χ4n) is 5.25. The lowest BCUT2D eigenvalue weighted by Gasteiger charge is -2.30. The SMILES string of the molecule is CCCCOC(=O)c1ccc(N2C(=O)[C@@H]3[C@H](C2=O)[C@@H]2C=CC=NN2[C@@H]3C(=O)c2ccc(OC(C)=O)cc2)cc1. The molecular weight excluding hydrogens is 502 g/mol. The van der Waals surface area contributed by atoms with Gasteiger partial charge in [-0.05, 0) is 61.0 Å². The van der Waals surface area contributed by atoms with Crippen LogP contribution in [0, 0.1) is 11.8 Å². The Morgan fingerprint density at radius 3 is 2.26 bits per heavy atom. The summed E-state index contributed by atoms with van der Waals surface area (Å²) < 4.78 is 10.3. The zero-order valence-corrected chi connectivity index (χ0v) is 21.5. The number of carbonyl (C=O) groups is 5. The Hall–Kier alpha value is -4.60. The van der Waals surface area contributed by atoms with E-state index in [9.17, 15) is 24.0 Å². The molecule has 0 radical (unpaired) electrons. The van der Waals surface area contributed by atoms with Gasteiger partial charge in [0.2, 0.25) is 11.8 Å². The topological polar surface area (TPSA) is 123 Å². The quantitative estimate of drug-likeness (QED) is 0.168. The molecule has 0 aromatic heterocycles. The number of hydrogen-bond acceptors (Lipinski definition) is 9. The number of ether oxygens (including phenoxy) is 2. The number of carbonyl (C=O) groups excluding carboxylic acids is 5. The Balaban J connectivity index is 1.41. The van der Waals surface area contributed by atoms with Gasteiger partial charge >= 0.3 is 11.9 Å². The molecule has 2 aromatic carbocycles. The van der Waals surface area contributed by atoms with Crippen LogP contribution in [0.1, 0.15) is 47.4 Å². The van der Waals surface area contributed by atoms with Crippen LogP contribution in [0.5, 0.6) is 5.75 Å². The van der Waals surface area contributed by atoms with E-state index in [-0.39, 0.29) is 11.5 Å². The van der Waals surface area contributed by atoms with Crippen molar-refractivity contribution in [2.75, 3.05) is 11.5 Å². The predicted molar refractivity (Wildman–Crippen MR) is 140 cm³/mol. The molecule has 3 heterocycles. The summed E-state index contributed by atoms with van der Waals surface area (Å²) in [4.78, 5) is 65.7. The van der Waals surface area contributed by atoms with Crippen molar-refractivity contribution in [1.29, 1.82) is 0 Å². The van der Waals surface area contributed by atoms with Gasteiger partial charge in [-0.3, -0.25) is 24.2 Å². The maximum absolute atomic E-state index is 13.8. The summed E-state index contributed by atoms with van der Waals surface area (Å²) >= 11 is 0. The van der Waals surface area contributed by atoms with E-state index in [4.69, 9.17) is 9.47 Å². The summed E-state index contributed by atoms with van der Waals surface area (Å²) in [5.41, 5.74) is 0.927. The number of fused-ring (bicyclic) bond motifs is 3. The van der Waals surface area contributed by atoms with Crippen molar-refractivity contribution in [3.8, 4) is 5.75 Å². The highest BCUT2D eigenvalue weighted by atomic mass is 16.5. The molecule has 10 nitrogen and oxygen atoms in total. The van der Waals surface area contributed by atoms with Crippen LogP contribution in [0.15, 0.2) is 65.8 Å². The first-order chi connectivity index (χ1) is 18.8. The summed E-state index contributed by atoms with van der Waals surface area (Å²) in [6, 6.07) is 10.6. The van der Waals surface area contributed by atoms with Crippen molar-refractivity contribution in [2.24, 2.45) is 16.9 Å². The molecule has 39 heavy (non-hydrogen) atoms. The van der Waals surface area contributed by atoms with Crippen LogP contribution >= 0.6 is 0 Å². The highest BCUT2D eigenvalue weighted by molar-refractivity contribution is 6.24. The number of rotatable bonds is 8. The number of hydrogen-bond donors (Lipinski definition) is 0. The van der Waals surface area contributed by atoms with Crippen LogP contribution in [0.3, 0.4) is 0 Å². The van der Waals surface area contributed by atoms with Gasteiger partial charge < -0.3 is 9.47 Å². The molecule has 2 aromatic rings. The first kappa shape index (κ1) is 26.0. The number of amides is 2. The molecule has 2 amide bonds. The Labute approximate surface area is 224 Å². The van der Waals surface area contributed by atoms with Gasteiger partial charge in [-0.15, -0.1) is 0 Å². The van der Waals surface area contributed by atoms with Gasteiger partial charge in [0.25, 0.3) is 0 Å². The van der Waals surface area contributed by atoms with Crippen molar-refractivity contribution in [2.45, 2.75) is 38.8 Å². The van der Waals surface area contributed by atoms with Crippen LogP contribution in [0.4, 0.5) is 5.69 Å². The third-order valence-corrected chi connectivity index (χ3v) is 7.05. The van der Waals surface area contributed by atoms with Gasteiger partial charge in [0.1, 0.15) is 11.8 Å². The molecule has 2 saturated heterocycles. The molecule has 0 saturated carbocycles. The third kappa shape index (κ3) is 4.73. The van der Waals surface area contributed by atoms with E-state index in [1.54, 1.807) is 12.2 Å². The van der Waals surface area contributed by atoms with Crippen LogP contribution in [-0.4, -0.2) is 59.5 Å². The van der Waals surface area contributed by atoms with E-state index < -0.39 is 47.7 Å². The predicted octanol–water partition coefficient (Wildman–Crippen LogP) is 3.17. The number of benzene rings is 2. The lowest BCUT2D eigenvalue weighted by molar-refractivity contribution is -0.132. The zero-order valence-electron chi connectivity index (χ0n) is 21.5. The molecule has 3 aliphatic heterocycles. The molecule has 10 heteroatoms. The normalized spacial score (nSPS) is 23.0. The minimum Gasteiger partial charge on any atom is -0.462 e. The Kier molecular flexibility index (Phi) is 7.10. The highest BCUT2D eigenvalue weighted by Gasteiger charge is 2.64. The number of imide groups is 1. The van der Waals surface area contributed by atoms with E-state index in [2.05, 4.69) is 5.10 Å². The molecule has 0 unspecified atom stereocenters.